The number of nitrogens with one attached hydrogen (secondary N) is 1. The highest BCUT2D eigenvalue weighted by molar-refractivity contribution is 8.26. The lowest BCUT2D eigenvalue weighted by Crippen LogP contribution is -3.14. The number of amides is 1. The summed E-state index contributed by atoms with van der Waals surface area (Å²) in [6.45, 7) is 3.01. The number of carbonyl (C=O) groups excluding carboxylic acids is 1. The van der Waals surface area contributed by atoms with Gasteiger partial charge in [0.25, 0.3) is 5.91 Å². The van der Waals surface area contributed by atoms with Crippen molar-refractivity contribution >= 4 is 40.3 Å². The SMILES string of the molecule is O=C1/C(=C\c2ccccc2)SC(=S)N1C[NH+]1CCCCC1. The molecule has 1 amide bonds. The Morgan fingerprint density at radius 2 is 1.90 bits per heavy atom. The molecule has 21 heavy (non-hydrogen) atoms. The average Bonchev–Trinajstić information content (AvgIpc) is 2.77. The van der Waals surface area contributed by atoms with Crippen molar-refractivity contribution in [3.63, 3.8) is 0 Å². The lowest BCUT2D eigenvalue weighted by molar-refractivity contribution is -0.911. The van der Waals surface area contributed by atoms with Gasteiger partial charge in [-0.05, 0) is 30.9 Å². The van der Waals surface area contributed by atoms with E-state index in [2.05, 4.69) is 0 Å². The average molecular weight is 319 g/mol. The Bertz CT molecular complexity index is 565. The van der Waals surface area contributed by atoms with Crippen molar-refractivity contribution in [1.29, 1.82) is 0 Å². The van der Waals surface area contributed by atoms with E-state index in [4.69, 9.17) is 12.2 Å². The summed E-state index contributed by atoms with van der Waals surface area (Å²) in [5.41, 5.74) is 1.04. The van der Waals surface area contributed by atoms with Crippen LogP contribution >= 0.6 is 24.0 Å². The zero-order valence-electron chi connectivity index (χ0n) is 11.9. The molecule has 0 atom stereocenters. The van der Waals surface area contributed by atoms with E-state index < -0.39 is 0 Å². The van der Waals surface area contributed by atoms with Crippen LogP contribution in [0.4, 0.5) is 0 Å². The number of thiocarbonyl (C=S) groups is 1. The highest BCUT2D eigenvalue weighted by atomic mass is 32.2. The van der Waals surface area contributed by atoms with Crippen LogP contribution in [0.5, 0.6) is 0 Å². The van der Waals surface area contributed by atoms with Gasteiger partial charge in [-0.2, -0.15) is 0 Å². The molecule has 110 valence electrons. The monoisotopic (exact) mass is 319 g/mol. The van der Waals surface area contributed by atoms with Crippen LogP contribution in [0.1, 0.15) is 24.8 Å². The third kappa shape index (κ3) is 3.54. The van der Waals surface area contributed by atoms with Gasteiger partial charge < -0.3 is 4.90 Å². The Kier molecular flexibility index (Phi) is 4.73. The molecule has 3 nitrogen and oxygen atoms in total. The molecular weight excluding hydrogens is 300 g/mol. The van der Waals surface area contributed by atoms with Crippen LogP contribution < -0.4 is 4.90 Å². The van der Waals surface area contributed by atoms with Crippen LogP contribution in [0, 0.1) is 0 Å². The summed E-state index contributed by atoms with van der Waals surface area (Å²) in [6.07, 6.45) is 5.76. The summed E-state index contributed by atoms with van der Waals surface area (Å²) in [5.74, 6) is 0.0620. The Balaban J connectivity index is 1.71. The predicted octanol–water partition coefficient (Wildman–Crippen LogP) is 1.91. The minimum Gasteiger partial charge on any atom is -0.317 e. The summed E-state index contributed by atoms with van der Waals surface area (Å²) >= 11 is 6.81. The molecule has 0 unspecified atom stereocenters. The zero-order chi connectivity index (χ0) is 14.7. The fourth-order valence-electron chi connectivity index (χ4n) is 2.77. The van der Waals surface area contributed by atoms with Gasteiger partial charge in [-0.1, -0.05) is 54.3 Å². The first-order chi connectivity index (χ1) is 10.2. The summed E-state index contributed by atoms with van der Waals surface area (Å²) in [5, 5.41) is 0. The molecule has 0 radical (unpaired) electrons. The molecule has 2 aliphatic rings. The van der Waals surface area contributed by atoms with E-state index in [1.807, 2.05) is 36.4 Å². The molecule has 0 bridgehead atoms. The van der Waals surface area contributed by atoms with Crippen molar-refractivity contribution in [3.8, 4) is 0 Å². The molecule has 2 aliphatic heterocycles. The van der Waals surface area contributed by atoms with E-state index in [9.17, 15) is 4.79 Å². The Morgan fingerprint density at radius 3 is 2.62 bits per heavy atom. The normalized spacial score (nSPS) is 22.3. The number of benzene rings is 1. The van der Waals surface area contributed by atoms with Crippen LogP contribution in [-0.4, -0.2) is 34.9 Å². The maximum atomic E-state index is 12.5. The summed E-state index contributed by atoms with van der Waals surface area (Å²) < 4.78 is 0.695. The highest BCUT2D eigenvalue weighted by Crippen LogP contribution is 2.31. The Labute approximate surface area is 135 Å². The van der Waals surface area contributed by atoms with E-state index >= 15 is 0 Å². The third-order valence-corrected chi connectivity index (χ3v) is 5.29. The van der Waals surface area contributed by atoms with Crippen LogP contribution in [0.2, 0.25) is 0 Å². The minimum atomic E-state index is 0.0620. The molecule has 3 rings (SSSR count). The quantitative estimate of drug-likeness (QED) is 0.680. The number of carbonyl (C=O) groups is 1. The van der Waals surface area contributed by atoms with Gasteiger partial charge in [0.05, 0.1) is 18.0 Å². The molecule has 0 saturated carbocycles. The van der Waals surface area contributed by atoms with Crippen LogP contribution in [0.3, 0.4) is 0 Å². The van der Waals surface area contributed by atoms with Gasteiger partial charge in [0.15, 0.2) is 11.0 Å². The molecule has 1 aromatic rings. The number of piperidine rings is 1. The fraction of sp³-hybridized carbons (Fsp3) is 0.375. The number of rotatable bonds is 3. The summed E-state index contributed by atoms with van der Waals surface area (Å²) in [4.78, 5) is 16.5. The maximum Gasteiger partial charge on any atom is 0.270 e. The molecule has 2 saturated heterocycles. The first-order valence-corrected chi connectivity index (χ1v) is 8.60. The van der Waals surface area contributed by atoms with Crippen molar-refractivity contribution in [2.45, 2.75) is 19.3 Å². The van der Waals surface area contributed by atoms with Gasteiger partial charge in [-0.25, -0.2) is 4.90 Å². The van der Waals surface area contributed by atoms with Crippen molar-refractivity contribution in [2.24, 2.45) is 0 Å². The summed E-state index contributed by atoms with van der Waals surface area (Å²) in [7, 11) is 0. The van der Waals surface area contributed by atoms with Gasteiger partial charge in [-0.3, -0.25) is 4.79 Å². The van der Waals surface area contributed by atoms with E-state index in [0.717, 1.165) is 30.2 Å². The Hall–Kier alpha value is -1.17. The van der Waals surface area contributed by atoms with Crippen LogP contribution in [-0.2, 0) is 4.79 Å². The molecule has 0 aromatic heterocycles. The van der Waals surface area contributed by atoms with Crippen molar-refractivity contribution in [1.82, 2.24) is 4.90 Å². The lowest BCUT2D eigenvalue weighted by atomic mass is 10.1. The standard InChI is InChI=1S/C16H18N2OS2/c19-15-14(11-13-7-3-1-4-8-13)21-16(20)18(15)12-17-9-5-2-6-10-17/h1,3-4,7-8,11H,2,5-6,9-10,12H2/p+1/b14-11+. The molecule has 0 spiro atoms. The second-order valence-electron chi connectivity index (χ2n) is 5.49. The number of nitrogens with zero attached hydrogens (tertiary/aromatic N) is 1. The largest absolute Gasteiger partial charge is 0.317 e. The number of hydrogen-bond acceptors (Lipinski definition) is 3. The van der Waals surface area contributed by atoms with Gasteiger partial charge in [0, 0.05) is 0 Å². The van der Waals surface area contributed by atoms with Crippen LogP contribution in [0.15, 0.2) is 35.2 Å². The molecule has 2 fully saturated rings. The van der Waals surface area contributed by atoms with E-state index in [0.29, 0.717) is 4.32 Å². The number of likely N-dealkylation sites (tertiary alicyclic amines) is 1. The van der Waals surface area contributed by atoms with E-state index in [-0.39, 0.29) is 5.91 Å². The first kappa shape index (κ1) is 14.8. The molecule has 0 aliphatic carbocycles. The van der Waals surface area contributed by atoms with Gasteiger partial charge >= 0.3 is 0 Å². The number of thioether (sulfide) groups is 1. The van der Waals surface area contributed by atoms with Crippen LogP contribution in [0.25, 0.3) is 6.08 Å². The minimum absolute atomic E-state index is 0.0620. The highest BCUT2D eigenvalue weighted by Gasteiger charge is 2.34. The summed E-state index contributed by atoms with van der Waals surface area (Å²) in [6, 6.07) is 9.93. The maximum absolute atomic E-state index is 12.5. The lowest BCUT2D eigenvalue weighted by Gasteiger charge is -2.27. The van der Waals surface area contributed by atoms with Gasteiger partial charge in [-0.15, -0.1) is 0 Å². The van der Waals surface area contributed by atoms with E-state index in [1.54, 1.807) is 4.90 Å². The fourth-order valence-corrected chi connectivity index (χ4v) is 4.03. The smallest absolute Gasteiger partial charge is 0.270 e. The number of hydrogen-bond donors (Lipinski definition) is 1. The van der Waals surface area contributed by atoms with E-state index in [1.165, 1.54) is 35.9 Å². The first-order valence-electron chi connectivity index (χ1n) is 7.38. The third-order valence-electron chi connectivity index (χ3n) is 3.91. The molecule has 5 heteroatoms. The van der Waals surface area contributed by atoms with Crippen molar-refractivity contribution < 1.29 is 9.69 Å². The van der Waals surface area contributed by atoms with Crippen molar-refractivity contribution in [2.75, 3.05) is 19.8 Å². The second kappa shape index (κ2) is 6.73. The molecule has 2 heterocycles. The van der Waals surface area contributed by atoms with Gasteiger partial charge in [0.2, 0.25) is 0 Å². The predicted molar refractivity (Wildman–Crippen MR) is 90.9 cm³/mol. The molecule has 1 aromatic carbocycles. The van der Waals surface area contributed by atoms with Gasteiger partial charge in [0.1, 0.15) is 0 Å². The molecule has 1 N–H and O–H groups in total. The number of quaternary nitrogens is 1. The molecular formula is C16H19N2OS2+. The zero-order valence-corrected chi connectivity index (χ0v) is 13.5. The topological polar surface area (TPSA) is 24.8 Å². The van der Waals surface area contributed by atoms with Crippen molar-refractivity contribution in [3.05, 3.63) is 40.8 Å². The second-order valence-corrected chi connectivity index (χ2v) is 7.16. The Morgan fingerprint density at radius 1 is 1.19 bits per heavy atom.